The molecule has 0 aliphatic heterocycles. The Morgan fingerprint density at radius 2 is 1.23 bits per heavy atom. The Bertz CT molecular complexity index is 1560. The van der Waals surface area contributed by atoms with Crippen molar-refractivity contribution in [2.45, 2.75) is 106 Å². The van der Waals surface area contributed by atoms with Crippen LogP contribution in [0, 0.1) is 35.6 Å². The quantitative estimate of drug-likeness (QED) is 0.159. The van der Waals surface area contributed by atoms with Crippen molar-refractivity contribution in [1.29, 1.82) is 0 Å². The zero-order valence-corrected chi connectivity index (χ0v) is 38.4. The van der Waals surface area contributed by atoms with Crippen LogP contribution in [0.25, 0.3) is 11.1 Å². The molecule has 0 radical (unpaired) electrons. The van der Waals surface area contributed by atoms with Crippen LogP contribution < -0.4 is 0 Å². The van der Waals surface area contributed by atoms with Gasteiger partial charge in [0.05, 0.1) is 0 Å². The van der Waals surface area contributed by atoms with E-state index >= 15 is 0 Å². The number of unbranched alkanes of at least 4 members (excludes halogenated alkanes) is 1. The molecule has 4 aromatic carbocycles. The van der Waals surface area contributed by atoms with Gasteiger partial charge in [-0.15, -0.1) is 59.1 Å². The van der Waals surface area contributed by atoms with Gasteiger partial charge >= 0.3 is 28.4 Å². The molecule has 0 nitrogen and oxygen atoms in total. The number of fused-ring (bicyclic) bond motifs is 3. The van der Waals surface area contributed by atoms with E-state index in [1.165, 1.54) is 82.5 Å². The van der Waals surface area contributed by atoms with Crippen LogP contribution >= 0.6 is 48.0 Å². The first-order valence-corrected chi connectivity index (χ1v) is 20.1. The van der Waals surface area contributed by atoms with Crippen molar-refractivity contribution in [1.82, 2.24) is 0 Å². The molecule has 4 aromatic rings. The van der Waals surface area contributed by atoms with Crippen molar-refractivity contribution < 1.29 is 24.2 Å². The predicted molar refractivity (Wildman–Crippen MR) is 231 cm³/mol. The van der Waals surface area contributed by atoms with E-state index in [4.69, 9.17) is 23.2 Å². The zero-order valence-electron chi connectivity index (χ0n) is 32.8. The number of halogens is 4. The maximum atomic E-state index is 5.52. The van der Waals surface area contributed by atoms with Gasteiger partial charge in [-0.25, -0.2) is 6.08 Å². The van der Waals surface area contributed by atoms with E-state index in [2.05, 4.69) is 140 Å². The van der Waals surface area contributed by atoms with Crippen LogP contribution in [0.15, 0.2) is 96.6 Å². The van der Waals surface area contributed by atoms with Crippen LogP contribution in [0.4, 0.5) is 0 Å². The van der Waals surface area contributed by atoms with Gasteiger partial charge < -0.3 is 0 Å². The van der Waals surface area contributed by atoms with E-state index in [1.54, 1.807) is 48.5 Å². The molecule has 0 bridgehead atoms. The van der Waals surface area contributed by atoms with Crippen LogP contribution in [0.1, 0.15) is 111 Å². The molecule has 0 heterocycles. The standard InChI is InChI=1S/C21H25.C13H21.2C6H4Cl.CH2.2ClH.Zr/c1-20(2,3)16-7-9-18-14(12-16)11-15-13-17(21(4,5)6)8-10-19(15)18;1-5-6-7-11-8-9-12(10-11)13(2,3)4;2*7-6-4-2-1-3-5-6;;;;/h7-10,12H,11H2,1-6H3;9-11H,5-7H2,1-4H3;2*2-5H;1H2;2*1H;/q4*-1;;;;. The monoisotopic (exact) mass is 852 g/mol. The third-order valence-corrected chi connectivity index (χ3v) is 8.89. The normalized spacial score (nSPS) is 13.6. The second kappa shape index (κ2) is 23.9. The van der Waals surface area contributed by atoms with Crippen molar-refractivity contribution in [2.24, 2.45) is 11.3 Å². The molecule has 1 atom stereocenters. The average molecular weight is 856 g/mol. The molecular formula is C47H58Cl4Zr-4. The maximum absolute atomic E-state index is 5.52. The summed E-state index contributed by atoms with van der Waals surface area (Å²) in [5.41, 5.74) is 10.5. The van der Waals surface area contributed by atoms with Crippen molar-refractivity contribution >= 4 is 52.2 Å². The van der Waals surface area contributed by atoms with Gasteiger partial charge in [-0.2, -0.15) is 96.1 Å². The minimum absolute atomic E-state index is 0. The van der Waals surface area contributed by atoms with E-state index in [0.717, 1.165) is 16.5 Å². The summed E-state index contributed by atoms with van der Waals surface area (Å²) < 4.78 is 3.34. The molecule has 0 amide bonds. The fourth-order valence-corrected chi connectivity index (χ4v) is 5.58. The molecule has 0 spiro atoms. The SMILES string of the molecule is CC(C)(C)c1[c-]c2c(cc1)-c1ccc(C(C)(C)C)cc1C2.CCCCC1[C-]=CC(C(C)(C)C)=C1.Cl.Cl.Clc1cc[c-]cc1.Clc1cc[c-]cc1.[CH2]=[Zr]. The van der Waals surface area contributed by atoms with Gasteiger partial charge in [-0.05, 0) is 28.4 Å². The van der Waals surface area contributed by atoms with Gasteiger partial charge in [0.25, 0.3) is 0 Å². The third-order valence-electron chi connectivity index (χ3n) is 8.39. The summed E-state index contributed by atoms with van der Waals surface area (Å²) in [5, 5.41) is 1.53. The summed E-state index contributed by atoms with van der Waals surface area (Å²) in [6, 6.07) is 35.2. The Hall–Kier alpha value is -1.73. The Kier molecular flexibility index (Phi) is 23.1. The van der Waals surface area contributed by atoms with Crippen molar-refractivity contribution in [2.75, 3.05) is 0 Å². The van der Waals surface area contributed by atoms with Gasteiger partial charge in [0.1, 0.15) is 0 Å². The number of benzene rings is 4. The van der Waals surface area contributed by atoms with Crippen LogP contribution in [0.5, 0.6) is 0 Å². The first-order valence-electron chi connectivity index (χ1n) is 17.6. The van der Waals surface area contributed by atoms with E-state index in [0.29, 0.717) is 11.3 Å². The van der Waals surface area contributed by atoms with Crippen molar-refractivity contribution in [3.05, 3.63) is 153 Å². The molecule has 2 aliphatic carbocycles. The fraction of sp³-hybridized carbons (Fsp3) is 0.383. The predicted octanol–water partition coefficient (Wildman–Crippen LogP) is 14.9. The molecule has 52 heavy (non-hydrogen) atoms. The summed E-state index contributed by atoms with van der Waals surface area (Å²) in [6.45, 7) is 22.6. The second-order valence-corrected chi connectivity index (χ2v) is 16.6. The zero-order chi connectivity index (χ0) is 37.5. The molecule has 6 rings (SSSR count). The summed E-state index contributed by atoms with van der Waals surface area (Å²) in [6.07, 6.45) is 12.9. The summed E-state index contributed by atoms with van der Waals surface area (Å²) in [5.74, 6) is 0.592. The van der Waals surface area contributed by atoms with E-state index < -0.39 is 0 Å². The number of hydrogen-bond donors (Lipinski definition) is 0. The molecule has 0 saturated carbocycles. The van der Waals surface area contributed by atoms with E-state index in [-0.39, 0.29) is 35.6 Å². The number of hydrogen-bond acceptors (Lipinski definition) is 0. The molecule has 2 aliphatic rings. The summed E-state index contributed by atoms with van der Waals surface area (Å²) in [4.78, 5) is 0. The molecule has 0 fully saturated rings. The van der Waals surface area contributed by atoms with Gasteiger partial charge in [0, 0.05) is 0 Å². The van der Waals surface area contributed by atoms with Gasteiger partial charge in [0.2, 0.25) is 0 Å². The average Bonchev–Trinajstić information content (AvgIpc) is 3.70. The Morgan fingerprint density at radius 1 is 0.712 bits per heavy atom. The Labute approximate surface area is 355 Å². The third kappa shape index (κ3) is 17.2. The van der Waals surface area contributed by atoms with Crippen molar-refractivity contribution in [3.63, 3.8) is 0 Å². The molecule has 0 saturated heterocycles. The first kappa shape index (κ1) is 50.3. The molecular weight excluding hydrogens is 798 g/mol. The molecule has 5 heteroatoms. The van der Waals surface area contributed by atoms with E-state index in [9.17, 15) is 0 Å². The molecule has 282 valence electrons. The second-order valence-electron chi connectivity index (χ2n) is 15.7. The van der Waals surface area contributed by atoms with Gasteiger partial charge in [0.15, 0.2) is 0 Å². The van der Waals surface area contributed by atoms with Crippen LogP contribution in [0.2, 0.25) is 10.0 Å². The van der Waals surface area contributed by atoms with Gasteiger partial charge in [-0.1, -0.05) is 134 Å². The number of rotatable bonds is 3. The minimum atomic E-state index is 0. The molecule has 1 unspecified atom stereocenters. The number of allylic oxidation sites excluding steroid dienone is 4. The topological polar surface area (TPSA) is 0 Å². The Balaban J connectivity index is 0.000000717. The molecule has 0 N–H and O–H groups in total. The fourth-order valence-electron chi connectivity index (χ4n) is 5.33. The summed E-state index contributed by atoms with van der Waals surface area (Å²) >= 11 is 12.3. The van der Waals surface area contributed by atoms with Crippen LogP contribution in [0.3, 0.4) is 0 Å². The molecule has 0 aromatic heterocycles. The Morgan fingerprint density at radius 3 is 1.63 bits per heavy atom. The van der Waals surface area contributed by atoms with Crippen LogP contribution in [-0.4, -0.2) is 4.21 Å². The first-order chi connectivity index (χ1) is 23.5. The van der Waals surface area contributed by atoms with E-state index in [1.807, 2.05) is 0 Å². The summed E-state index contributed by atoms with van der Waals surface area (Å²) in [7, 11) is 0. The van der Waals surface area contributed by atoms with Gasteiger partial charge in [-0.3, -0.25) is 6.08 Å². The van der Waals surface area contributed by atoms with Crippen molar-refractivity contribution in [3.8, 4) is 11.1 Å². The van der Waals surface area contributed by atoms with Crippen LogP contribution in [-0.2, 0) is 41.5 Å².